The number of hydrogen-bond acceptors (Lipinski definition) is 2. The minimum absolute atomic E-state index is 0. The molecule has 0 spiro atoms. The Morgan fingerprint density at radius 3 is 2.31 bits per heavy atom. The zero-order chi connectivity index (χ0) is 8.81. The van der Waals surface area contributed by atoms with Gasteiger partial charge in [-0.25, -0.2) is 0 Å². The van der Waals surface area contributed by atoms with Crippen molar-refractivity contribution in [2.75, 3.05) is 6.61 Å². The van der Waals surface area contributed by atoms with Gasteiger partial charge in [-0.15, -0.1) is 0 Å². The lowest BCUT2D eigenvalue weighted by molar-refractivity contribution is 0.0971. The lowest BCUT2D eigenvalue weighted by atomic mass is 10.2. The maximum Gasteiger partial charge on any atom is 0.0717 e. The molecule has 0 fully saturated rings. The van der Waals surface area contributed by atoms with Gasteiger partial charge in [0, 0.05) is 6.61 Å². The van der Waals surface area contributed by atoms with Gasteiger partial charge in [0.25, 0.3) is 0 Å². The highest BCUT2D eigenvalue weighted by molar-refractivity contribution is 5.13. The number of rotatable bonds is 4. The molecule has 0 atom stereocenters. The van der Waals surface area contributed by atoms with E-state index in [-0.39, 0.29) is 6.15 Å². The Labute approximate surface area is 80.5 Å². The SMILES string of the molecule is CC(C)COCc1ccccc1.N. The molecule has 2 heteroatoms. The molecule has 0 bridgehead atoms. The van der Waals surface area contributed by atoms with Gasteiger partial charge in [-0.3, -0.25) is 0 Å². The molecule has 0 radical (unpaired) electrons. The van der Waals surface area contributed by atoms with E-state index >= 15 is 0 Å². The topological polar surface area (TPSA) is 44.2 Å². The molecule has 1 aromatic carbocycles. The normalized spacial score (nSPS) is 9.77. The summed E-state index contributed by atoms with van der Waals surface area (Å²) in [6.45, 7) is 5.89. The van der Waals surface area contributed by atoms with Gasteiger partial charge in [0.2, 0.25) is 0 Å². The van der Waals surface area contributed by atoms with E-state index in [2.05, 4.69) is 26.0 Å². The van der Waals surface area contributed by atoms with Crippen LogP contribution in [0.1, 0.15) is 19.4 Å². The summed E-state index contributed by atoms with van der Waals surface area (Å²) in [4.78, 5) is 0. The van der Waals surface area contributed by atoms with Crippen LogP contribution in [0.5, 0.6) is 0 Å². The van der Waals surface area contributed by atoms with E-state index in [4.69, 9.17) is 4.74 Å². The molecule has 0 aromatic heterocycles. The molecule has 0 amide bonds. The van der Waals surface area contributed by atoms with Gasteiger partial charge < -0.3 is 10.9 Å². The van der Waals surface area contributed by atoms with Crippen LogP contribution in [0.4, 0.5) is 0 Å². The Hall–Kier alpha value is -0.860. The van der Waals surface area contributed by atoms with Crippen LogP contribution < -0.4 is 6.15 Å². The first-order chi connectivity index (χ1) is 5.79. The molecule has 1 rings (SSSR count). The van der Waals surface area contributed by atoms with Crippen LogP contribution in [0, 0.1) is 5.92 Å². The van der Waals surface area contributed by atoms with Crippen molar-refractivity contribution in [2.45, 2.75) is 20.5 Å². The Morgan fingerprint density at radius 1 is 1.15 bits per heavy atom. The molecule has 0 saturated carbocycles. The van der Waals surface area contributed by atoms with Gasteiger partial charge in [-0.1, -0.05) is 44.2 Å². The van der Waals surface area contributed by atoms with Crippen molar-refractivity contribution in [3.63, 3.8) is 0 Å². The summed E-state index contributed by atoms with van der Waals surface area (Å²) in [6.07, 6.45) is 0. The van der Waals surface area contributed by atoms with Crippen molar-refractivity contribution >= 4 is 0 Å². The molecule has 74 valence electrons. The predicted molar refractivity (Wildman–Crippen MR) is 56.0 cm³/mol. The molecule has 1 aromatic rings. The lowest BCUT2D eigenvalue weighted by Crippen LogP contribution is -2.01. The second kappa shape index (κ2) is 6.63. The van der Waals surface area contributed by atoms with E-state index in [1.54, 1.807) is 0 Å². The highest BCUT2D eigenvalue weighted by Gasteiger charge is 1.94. The second-order valence-corrected chi connectivity index (χ2v) is 3.39. The Kier molecular flexibility index (Phi) is 6.20. The summed E-state index contributed by atoms with van der Waals surface area (Å²) in [5.41, 5.74) is 1.25. The zero-order valence-corrected chi connectivity index (χ0v) is 8.49. The first-order valence-corrected chi connectivity index (χ1v) is 4.40. The van der Waals surface area contributed by atoms with Crippen molar-refractivity contribution in [3.05, 3.63) is 35.9 Å². The minimum atomic E-state index is 0. The third-order valence-corrected chi connectivity index (χ3v) is 1.56. The van der Waals surface area contributed by atoms with E-state index in [0.717, 1.165) is 13.2 Å². The van der Waals surface area contributed by atoms with E-state index in [1.165, 1.54) is 5.56 Å². The molecule has 0 heterocycles. The van der Waals surface area contributed by atoms with Gasteiger partial charge in [-0.2, -0.15) is 0 Å². The molecule has 0 aliphatic carbocycles. The third kappa shape index (κ3) is 5.39. The van der Waals surface area contributed by atoms with Gasteiger partial charge in [0.05, 0.1) is 6.61 Å². The summed E-state index contributed by atoms with van der Waals surface area (Å²) >= 11 is 0. The van der Waals surface area contributed by atoms with Crippen molar-refractivity contribution in [2.24, 2.45) is 5.92 Å². The smallest absolute Gasteiger partial charge is 0.0717 e. The monoisotopic (exact) mass is 181 g/mol. The summed E-state index contributed by atoms with van der Waals surface area (Å²) < 4.78 is 5.48. The Bertz CT molecular complexity index is 209. The van der Waals surface area contributed by atoms with Crippen LogP contribution in [0.2, 0.25) is 0 Å². The van der Waals surface area contributed by atoms with Gasteiger partial charge in [0.1, 0.15) is 0 Å². The van der Waals surface area contributed by atoms with Crippen LogP contribution in [0.25, 0.3) is 0 Å². The fraction of sp³-hybridized carbons (Fsp3) is 0.455. The van der Waals surface area contributed by atoms with Gasteiger partial charge >= 0.3 is 0 Å². The fourth-order valence-corrected chi connectivity index (χ4v) is 0.987. The van der Waals surface area contributed by atoms with E-state index < -0.39 is 0 Å². The summed E-state index contributed by atoms with van der Waals surface area (Å²) in [5.74, 6) is 0.619. The molecule has 0 aliphatic heterocycles. The fourth-order valence-electron chi connectivity index (χ4n) is 0.987. The van der Waals surface area contributed by atoms with Gasteiger partial charge in [-0.05, 0) is 11.5 Å². The Morgan fingerprint density at radius 2 is 1.77 bits per heavy atom. The van der Waals surface area contributed by atoms with Crippen LogP contribution in [0.15, 0.2) is 30.3 Å². The molecular weight excluding hydrogens is 162 g/mol. The van der Waals surface area contributed by atoms with Crippen LogP contribution in [0.3, 0.4) is 0 Å². The molecule has 13 heavy (non-hydrogen) atoms. The van der Waals surface area contributed by atoms with Crippen LogP contribution >= 0.6 is 0 Å². The maximum absolute atomic E-state index is 5.48. The molecule has 0 unspecified atom stereocenters. The molecule has 0 saturated heterocycles. The second-order valence-electron chi connectivity index (χ2n) is 3.39. The Balaban J connectivity index is 0.00000144. The van der Waals surface area contributed by atoms with Crippen molar-refractivity contribution < 1.29 is 4.74 Å². The molecular formula is C11H19NO. The first-order valence-electron chi connectivity index (χ1n) is 4.40. The van der Waals surface area contributed by atoms with E-state index in [0.29, 0.717) is 5.92 Å². The minimum Gasteiger partial charge on any atom is -0.377 e. The van der Waals surface area contributed by atoms with Crippen LogP contribution in [-0.2, 0) is 11.3 Å². The maximum atomic E-state index is 5.48. The number of hydrogen-bond donors (Lipinski definition) is 1. The standard InChI is InChI=1S/C11H16O.H3N/c1-10(2)8-12-9-11-6-4-3-5-7-11;/h3-7,10H,8-9H2,1-2H3;1H3. The molecule has 3 N–H and O–H groups in total. The van der Waals surface area contributed by atoms with E-state index in [1.807, 2.05) is 18.2 Å². The molecule has 2 nitrogen and oxygen atoms in total. The van der Waals surface area contributed by atoms with Crippen molar-refractivity contribution in [1.82, 2.24) is 6.15 Å². The highest BCUT2D eigenvalue weighted by atomic mass is 16.5. The predicted octanol–water partition coefficient (Wildman–Crippen LogP) is 3.02. The molecule has 0 aliphatic rings. The average molecular weight is 181 g/mol. The quantitative estimate of drug-likeness (QED) is 0.776. The highest BCUT2D eigenvalue weighted by Crippen LogP contribution is 2.02. The lowest BCUT2D eigenvalue weighted by Gasteiger charge is -2.05. The zero-order valence-electron chi connectivity index (χ0n) is 8.49. The summed E-state index contributed by atoms with van der Waals surface area (Å²) in [6, 6.07) is 10.3. The first kappa shape index (κ1) is 12.1. The largest absolute Gasteiger partial charge is 0.377 e. The van der Waals surface area contributed by atoms with Crippen LogP contribution in [-0.4, -0.2) is 6.61 Å². The number of ether oxygens (including phenoxy) is 1. The number of benzene rings is 1. The third-order valence-electron chi connectivity index (χ3n) is 1.56. The van der Waals surface area contributed by atoms with Crippen molar-refractivity contribution in [3.8, 4) is 0 Å². The van der Waals surface area contributed by atoms with Gasteiger partial charge in [0.15, 0.2) is 0 Å². The van der Waals surface area contributed by atoms with E-state index in [9.17, 15) is 0 Å². The summed E-state index contributed by atoms with van der Waals surface area (Å²) in [7, 11) is 0. The average Bonchev–Trinajstić information content (AvgIpc) is 2.05. The summed E-state index contributed by atoms with van der Waals surface area (Å²) in [5, 5.41) is 0. The van der Waals surface area contributed by atoms with Crippen molar-refractivity contribution in [1.29, 1.82) is 0 Å².